The van der Waals surface area contributed by atoms with Gasteiger partial charge in [0.1, 0.15) is 0 Å². The molecular weight excluding hydrogens is 378 g/mol. The number of benzene rings is 2. The third-order valence-electron chi connectivity index (χ3n) is 5.47. The van der Waals surface area contributed by atoms with Crippen LogP contribution in [0.25, 0.3) is 11.0 Å². The summed E-state index contributed by atoms with van der Waals surface area (Å²) < 4.78 is 5.87. The van der Waals surface area contributed by atoms with Gasteiger partial charge in [0, 0.05) is 11.4 Å². The highest BCUT2D eigenvalue weighted by molar-refractivity contribution is 6.00. The van der Waals surface area contributed by atoms with Crippen molar-refractivity contribution in [3.05, 3.63) is 53.7 Å². The van der Waals surface area contributed by atoms with E-state index >= 15 is 0 Å². The summed E-state index contributed by atoms with van der Waals surface area (Å²) in [5.41, 5.74) is 5.16. The van der Waals surface area contributed by atoms with Gasteiger partial charge in [0.25, 0.3) is 0 Å². The molecule has 0 aliphatic carbocycles. The first kappa shape index (κ1) is 20.1. The van der Waals surface area contributed by atoms with Crippen LogP contribution < -0.4 is 20.7 Å². The molecule has 1 aromatic heterocycles. The molecule has 0 bridgehead atoms. The maximum absolute atomic E-state index is 12.4. The van der Waals surface area contributed by atoms with Gasteiger partial charge >= 0.3 is 6.03 Å². The van der Waals surface area contributed by atoms with Gasteiger partial charge in [-0.25, -0.2) is 14.8 Å². The van der Waals surface area contributed by atoms with Crippen molar-refractivity contribution in [2.45, 2.75) is 26.7 Å². The van der Waals surface area contributed by atoms with Crippen LogP contribution in [0.4, 0.5) is 16.2 Å². The number of anilines is 2. The molecule has 0 radical (unpaired) electrons. The fourth-order valence-electron chi connectivity index (χ4n) is 3.51. The third-order valence-corrected chi connectivity index (χ3v) is 5.47. The fourth-order valence-corrected chi connectivity index (χ4v) is 3.51. The Morgan fingerprint density at radius 2 is 1.77 bits per heavy atom. The summed E-state index contributed by atoms with van der Waals surface area (Å²) in [7, 11) is 0. The van der Waals surface area contributed by atoms with Crippen LogP contribution in [0, 0.1) is 19.8 Å². The quantitative estimate of drug-likeness (QED) is 0.590. The van der Waals surface area contributed by atoms with Crippen molar-refractivity contribution in [2.24, 2.45) is 5.92 Å². The highest BCUT2D eigenvalue weighted by atomic mass is 16.5. The van der Waals surface area contributed by atoms with Gasteiger partial charge in [-0.05, 0) is 87.2 Å². The number of rotatable bonds is 5. The molecule has 7 nitrogen and oxygen atoms in total. The second kappa shape index (κ2) is 9.09. The number of nitrogens with one attached hydrogen (secondary N) is 3. The average molecular weight is 406 g/mol. The van der Waals surface area contributed by atoms with Gasteiger partial charge < -0.3 is 20.7 Å². The summed E-state index contributed by atoms with van der Waals surface area (Å²) in [6, 6.07) is 11.0. The van der Waals surface area contributed by atoms with Crippen molar-refractivity contribution >= 4 is 28.4 Å². The number of nitrogens with zero attached hydrogens (tertiary/aromatic N) is 2. The van der Waals surface area contributed by atoms with Crippen molar-refractivity contribution in [1.82, 2.24) is 15.3 Å². The maximum Gasteiger partial charge on any atom is 0.323 e. The van der Waals surface area contributed by atoms with Crippen LogP contribution in [0.2, 0.25) is 0 Å². The topological polar surface area (TPSA) is 88.2 Å². The number of hydrogen-bond acceptors (Lipinski definition) is 5. The minimum Gasteiger partial charge on any atom is -0.476 e. The molecule has 156 valence electrons. The molecule has 2 heterocycles. The second-order valence-corrected chi connectivity index (χ2v) is 7.79. The van der Waals surface area contributed by atoms with Gasteiger partial charge in [-0.1, -0.05) is 6.07 Å². The Labute approximate surface area is 176 Å². The van der Waals surface area contributed by atoms with Crippen LogP contribution in [0.15, 0.2) is 42.6 Å². The normalized spacial score (nSPS) is 14.5. The van der Waals surface area contributed by atoms with E-state index in [0.717, 1.165) is 42.7 Å². The zero-order valence-electron chi connectivity index (χ0n) is 17.4. The highest BCUT2D eigenvalue weighted by Crippen LogP contribution is 2.20. The van der Waals surface area contributed by atoms with E-state index < -0.39 is 0 Å². The lowest BCUT2D eigenvalue weighted by atomic mass is 9.99. The molecule has 1 aliphatic heterocycles. The lowest BCUT2D eigenvalue weighted by molar-refractivity contribution is 0.209. The Morgan fingerprint density at radius 1 is 1.03 bits per heavy atom. The van der Waals surface area contributed by atoms with Gasteiger partial charge in [0.05, 0.1) is 23.8 Å². The highest BCUT2D eigenvalue weighted by Gasteiger charge is 2.14. The summed E-state index contributed by atoms with van der Waals surface area (Å²) >= 11 is 0. The van der Waals surface area contributed by atoms with Gasteiger partial charge in [-0.2, -0.15) is 0 Å². The Bertz CT molecular complexity index is 1050. The average Bonchev–Trinajstić information content (AvgIpc) is 2.75. The van der Waals surface area contributed by atoms with Crippen molar-refractivity contribution in [3.8, 4) is 5.88 Å². The van der Waals surface area contributed by atoms with E-state index in [2.05, 4.69) is 25.9 Å². The summed E-state index contributed by atoms with van der Waals surface area (Å²) in [5.74, 6) is 1.06. The largest absolute Gasteiger partial charge is 0.476 e. The number of carbonyl (C=O) groups is 1. The van der Waals surface area contributed by atoms with Crippen LogP contribution in [-0.4, -0.2) is 35.7 Å². The number of amides is 2. The first-order valence-electron chi connectivity index (χ1n) is 10.3. The summed E-state index contributed by atoms with van der Waals surface area (Å²) in [5, 5.41) is 9.07. The molecule has 0 saturated carbocycles. The van der Waals surface area contributed by atoms with E-state index in [1.807, 2.05) is 44.2 Å². The molecule has 1 fully saturated rings. The Hall–Kier alpha value is -3.19. The van der Waals surface area contributed by atoms with E-state index in [-0.39, 0.29) is 6.03 Å². The number of urea groups is 1. The maximum atomic E-state index is 12.4. The minimum absolute atomic E-state index is 0.302. The Kier molecular flexibility index (Phi) is 6.09. The van der Waals surface area contributed by atoms with E-state index in [0.29, 0.717) is 29.6 Å². The van der Waals surface area contributed by atoms with Crippen LogP contribution in [0.5, 0.6) is 5.88 Å². The van der Waals surface area contributed by atoms with E-state index in [9.17, 15) is 4.79 Å². The summed E-state index contributed by atoms with van der Waals surface area (Å²) in [4.78, 5) is 21.4. The molecule has 1 saturated heterocycles. The molecule has 30 heavy (non-hydrogen) atoms. The van der Waals surface area contributed by atoms with Crippen LogP contribution in [-0.2, 0) is 0 Å². The molecule has 4 rings (SSSR count). The molecule has 0 unspecified atom stereocenters. The van der Waals surface area contributed by atoms with Crippen LogP contribution in [0.1, 0.15) is 24.0 Å². The number of ether oxygens (including phenoxy) is 1. The molecular formula is C23H27N5O2. The standard InChI is InChI=1S/C23H27N5O2/c1-15-3-4-18(11-16(15)2)26-23(29)27-19-5-6-20-21(12-19)28-22(13-25-20)30-14-17-7-9-24-10-8-17/h3-6,11-13,17,24H,7-10,14H2,1-2H3,(H2,26,27,29). The van der Waals surface area contributed by atoms with E-state index in [1.54, 1.807) is 12.3 Å². The number of piperidine rings is 1. The smallest absolute Gasteiger partial charge is 0.323 e. The second-order valence-electron chi connectivity index (χ2n) is 7.79. The van der Waals surface area contributed by atoms with Gasteiger partial charge in [-0.3, -0.25) is 0 Å². The number of aryl methyl sites for hydroxylation is 2. The summed E-state index contributed by atoms with van der Waals surface area (Å²) in [6.45, 7) is 6.79. The molecule has 0 spiro atoms. The lowest BCUT2D eigenvalue weighted by Crippen LogP contribution is -2.30. The Morgan fingerprint density at radius 3 is 2.53 bits per heavy atom. The summed E-state index contributed by atoms with van der Waals surface area (Å²) in [6.07, 6.45) is 3.89. The number of carbonyl (C=O) groups excluding carboxylic acids is 1. The lowest BCUT2D eigenvalue weighted by Gasteiger charge is -2.22. The van der Waals surface area contributed by atoms with Crippen molar-refractivity contribution in [2.75, 3.05) is 30.3 Å². The molecule has 1 aliphatic rings. The zero-order valence-corrected chi connectivity index (χ0v) is 17.4. The third kappa shape index (κ3) is 5.04. The first-order valence-corrected chi connectivity index (χ1v) is 10.3. The predicted molar refractivity (Wildman–Crippen MR) is 119 cm³/mol. The number of hydrogen-bond donors (Lipinski definition) is 3. The van der Waals surface area contributed by atoms with Crippen LogP contribution in [0.3, 0.4) is 0 Å². The van der Waals surface area contributed by atoms with Gasteiger partial charge in [-0.15, -0.1) is 0 Å². The molecule has 3 N–H and O–H groups in total. The van der Waals surface area contributed by atoms with Gasteiger partial charge in [0.2, 0.25) is 5.88 Å². The SMILES string of the molecule is Cc1ccc(NC(=O)Nc2ccc3ncc(OCC4CCNCC4)nc3c2)cc1C. The molecule has 2 amide bonds. The van der Waals surface area contributed by atoms with Crippen molar-refractivity contribution in [3.63, 3.8) is 0 Å². The zero-order chi connectivity index (χ0) is 20.9. The molecule has 7 heteroatoms. The predicted octanol–water partition coefficient (Wildman–Crippen LogP) is 4.27. The van der Waals surface area contributed by atoms with Gasteiger partial charge in [0.15, 0.2) is 0 Å². The molecule has 2 aromatic carbocycles. The molecule has 3 aromatic rings. The molecule has 0 atom stereocenters. The van der Waals surface area contributed by atoms with E-state index in [1.165, 1.54) is 5.56 Å². The monoisotopic (exact) mass is 405 g/mol. The Balaban J connectivity index is 1.41. The fraction of sp³-hybridized carbons (Fsp3) is 0.348. The van der Waals surface area contributed by atoms with Crippen LogP contribution >= 0.6 is 0 Å². The number of aromatic nitrogens is 2. The number of fused-ring (bicyclic) bond motifs is 1. The van der Waals surface area contributed by atoms with E-state index in [4.69, 9.17) is 4.74 Å². The first-order chi connectivity index (χ1) is 14.6. The van der Waals surface area contributed by atoms with Crippen molar-refractivity contribution < 1.29 is 9.53 Å². The van der Waals surface area contributed by atoms with Crippen molar-refractivity contribution in [1.29, 1.82) is 0 Å². The minimum atomic E-state index is -0.302.